The Labute approximate surface area is 136 Å². The van der Waals surface area contributed by atoms with Crippen LogP contribution in [-0.4, -0.2) is 30.0 Å². The fourth-order valence-corrected chi connectivity index (χ4v) is 2.95. The number of nitrogens with one attached hydrogen (secondary N) is 1. The first-order valence-corrected chi connectivity index (χ1v) is 7.87. The first-order chi connectivity index (χ1) is 11.1. The molecule has 0 bridgehead atoms. The van der Waals surface area contributed by atoms with Crippen molar-refractivity contribution in [3.05, 3.63) is 59.7 Å². The van der Waals surface area contributed by atoms with Crippen LogP contribution in [0.2, 0.25) is 0 Å². The van der Waals surface area contributed by atoms with Gasteiger partial charge in [0.15, 0.2) is 0 Å². The zero-order chi connectivity index (χ0) is 16.4. The van der Waals surface area contributed by atoms with E-state index in [0.29, 0.717) is 0 Å². The predicted octanol–water partition coefficient (Wildman–Crippen LogP) is 3.29. The number of carbonyl (C=O) groups excluding carboxylic acids is 1. The lowest BCUT2D eigenvalue weighted by molar-refractivity contribution is 0.116. The molecule has 2 aromatic carbocycles. The normalized spacial score (nSPS) is 15.4. The van der Waals surface area contributed by atoms with Gasteiger partial charge in [-0.2, -0.15) is 0 Å². The highest BCUT2D eigenvalue weighted by atomic mass is 16.5. The van der Waals surface area contributed by atoms with Gasteiger partial charge in [-0.3, -0.25) is 0 Å². The second-order valence-electron chi connectivity index (χ2n) is 6.00. The van der Waals surface area contributed by atoms with Crippen molar-refractivity contribution < 1.29 is 14.6 Å². The summed E-state index contributed by atoms with van der Waals surface area (Å²) in [6, 6.07) is 16.1. The van der Waals surface area contributed by atoms with E-state index in [9.17, 15) is 9.90 Å². The van der Waals surface area contributed by atoms with Gasteiger partial charge in [0.05, 0.1) is 12.1 Å². The van der Waals surface area contributed by atoms with Gasteiger partial charge in [-0.15, -0.1) is 0 Å². The van der Waals surface area contributed by atoms with E-state index >= 15 is 0 Å². The third-order valence-corrected chi connectivity index (χ3v) is 4.41. The highest BCUT2D eigenvalue weighted by molar-refractivity contribution is 5.79. The van der Waals surface area contributed by atoms with E-state index in [2.05, 4.69) is 29.6 Å². The number of aliphatic hydroxyl groups excluding tert-OH is 1. The number of benzene rings is 2. The predicted molar refractivity (Wildman–Crippen MR) is 89.3 cm³/mol. The van der Waals surface area contributed by atoms with Crippen LogP contribution in [0.4, 0.5) is 4.79 Å². The third-order valence-electron chi connectivity index (χ3n) is 4.41. The SMILES string of the molecule is C[C@H](NC(=O)OCC1c2ccccc2-c2ccccc21)[C@@H](C)O. The first kappa shape index (κ1) is 15.6. The summed E-state index contributed by atoms with van der Waals surface area (Å²) in [4.78, 5) is 11.9. The summed E-state index contributed by atoms with van der Waals surface area (Å²) in [5, 5.41) is 12.1. The molecule has 1 aliphatic carbocycles. The molecule has 120 valence electrons. The molecule has 4 heteroatoms. The van der Waals surface area contributed by atoms with Gasteiger partial charge < -0.3 is 15.2 Å². The monoisotopic (exact) mass is 311 g/mol. The van der Waals surface area contributed by atoms with Gasteiger partial charge in [-0.1, -0.05) is 48.5 Å². The van der Waals surface area contributed by atoms with Crippen molar-refractivity contribution in [2.45, 2.75) is 31.9 Å². The van der Waals surface area contributed by atoms with Crippen LogP contribution in [-0.2, 0) is 4.74 Å². The Morgan fingerprint density at radius 3 is 2.13 bits per heavy atom. The van der Waals surface area contributed by atoms with Gasteiger partial charge >= 0.3 is 6.09 Å². The van der Waals surface area contributed by atoms with Gasteiger partial charge in [0.2, 0.25) is 0 Å². The minimum atomic E-state index is -0.615. The third kappa shape index (κ3) is 3.08. The smallest absolute Gasteiger partial charge is 0.407 e. The second kappa shape index (κ2) is 6.42. The van der Waals surface area contributed by atoms with Gasteiger partial charge in [0.1, 0.15) is 6.61 Å². The molecule has 23 heavy (non-hydrogen) atoms. The first-order valence-electron chi connectivity index (χ1n) is 7.87. The van der Waals surface area contributed by atoms with Gasteiger partial charge in [0, 0.05) is 5.92 Å². The molecule has 0 aliphatic heterocycles. The summed E-state index contributed by atoms with van der Waals surface area (Å²) in [6.07, 6.45) is -1.12. The lowest BCUT2D eigenvalue weighted by atomic mass is 9.98. The van der Waals surface area contributed by atoms with Crippen LogP contribution in [0.5, 0.6) is 0 Å². The highest BCUT2D eigenvalue weighted by Gasteiger charge is 2.29. The molecule has 0 aromatic heterocycles. The van der Waals surface area contributed by atoms with Crippen LogP contribution in [0.1, 0.15) is 30.9 Å². The van der Waals surface area contributed by atoms with E-state index in [-0.39, 0.29) is 18.6 Å². The topological polar surface area (TPSA) is 58.6 Å². The minimum Gasteiger partial charge on any atom is -0.449 e. The molecule has 0 fully saturated rings. The number of ether oxygens (including phenoxy) is 1. The van der Waals surface area contributed by atoms with E-state index in [1.165, 1.54) is 22.3 Å². The Morgan fingerprint density at radius 1 is 1.09 bits per heavy atom. The van der Waals surface area contributed by atoms with E-state index in [1.54, 1.807) is 13.8 Å². The van der Waals surface area contributed by atoms with Crippen molar-refractivity contribution in [3.63, 3.8) is 0 Å². The quantitative estimate of drug-likeness (QED) is 0.911. The van der Waals surface area contributed by atoms with Crippen LogP contribution >= 0.6 is 0 Å². The summed E-state index contributed by atoms with van der Waals surface area (Å²) in [5.74, 6) is 0.0509. The zero-order valence-electron chi connectivity index (χ0n) is 13.3. The van der Waals surface area contributed by atoms with Gasteiger partial charge in [-0.05, 0) is 36.1 Å². The lowest BCUT2D eigenvalue weighted by Crippen LogP contribution is -2.40. The van der Waals surface area contributed by atoms with Crippen molar-refractivity contribution in [2.75, 3.05) is 6.61 Å². The number of alkyl carbamates (subject to hydrolysis) is 1. The second-order valence-corrected chi connectivity index (χ2v) is 6.00. The summed E-state index contributed by atoms with van der Waals surface area (Å²) >= 11 is 0. The van der Waals surface area contributed by atoms with Crippen molar-refractivity contribution in [3.8, 4) is 11.1 Å². The molecule has 0 heterocycles. The van der Waals surface area contributed by atoms with Gasteiger partial charge in [-0.25, -0.2) is 4.79 Å². The Kier molecular flexibility index (Phi) is 4.35. The summed E-state index contributed by atoms with van der Waals surface area (Å²) in [7, 11) is 0. The molecule has 0 saturated carbocycles. The fraction of sp³-hybridized carbons (Fsp3) is 0.316. The lowest BCUT2D eigenvalue weighted by Gasteiger charge is -2.18. The van der Waals surface area contributed by atoms with Crippen LogP contribution in [0, 0.1) is 0 Å². The summed E-state index contributed by atoms with van der Waals surface area (Å²) in [6.45, 7) is 3.66. The molecule has 0 spiro atoms. The summed E-state index contributed by atoms with van der Waals surface area (Å²) < 4.78 is 5.40. The molecule has 1 aliphatic rings. The van der Waals surface area contributed by atoms with Crippen molar-refractivity contribution in [1.82, 2.24) is 5.32 Å². The molecule has 0 unspecified atom stereocenters. The number of hydrogen-bond acceptors (Lipinski definition) is 3. The van der Waals surface area contributed by atoms with E-state index < -0.39 is 12.2 Å². The number of hydrogen-bond donors (Lipinski definition) is 2. The molecule has 1 amide bonds. The Hall–Kier alpha value is -2.33. The number of aliphatic hydroxyl groups is 1. The standard InChI is InChI=1S/C19H21NO3/c1-12(13(2)21)20-19(22)23-11-18-16-9-5-3-7-14(16)15-8-4-6-10-17(15)18/h3-10,12-13,18,21H,11H2,1-2H3,(H,20,22)/t12-,13+/m0/s1. The number of carbonyl (C=O) groups is 1. The van der Waals surface area contributed by atoms with E-state index in [4.69, 9.17) is 4.74 Å². The van der Waals surface area contributed by atoms with Crippen molar-refractivity contribution in [1.29, 1.82) is 0 Å². The minimum absolute atomic E-state index is 0.0509. The Bertz CT molecular complexity index is 666. The van der Waals surface area contributed by atoms with Crippen molar-refractivity contribution >= 4 is 6.09 Å². The van der Waals surface area contributed by atoms with Gasteiger partial charge in [0.25, 0.3) is 0 Å². The molecule has 4 nitrogen and oxygen atoms in total. The largest absolute Gasteiger partial charge is 0.449 e. The Morgan fingerprint density at radius 2 is 1.61 bits per heavy atom. The average molecular weight is 311 g/mol. The van der Waals surface area contributed by atoms with Crippen molar-refractivity contribution in [2.24, 2.45) is 0 Å². The molecule has 2 aromatic rings. The number of amides is 1. The maximum atomic E-state index is 11.9. The summed E-state index contributed by atoms with van der Waals surface area (Å²) in [5.41, 5.74) is 4.78. The highest BCUT2D eigenvalue weighted by Crippen LogP contribution is 2.44. The average Bonchev–Trinajstić information content (AvgIpc) is 2.87. The van der Waals surface area contributed by atoms with E-state index in [1.807, 2.05) is 24.3 Å². The van der Waals surface area contributed by atoms with Crippen LogP contribution in [0.3, 0.4) is 0 Å². The fourth-order valence-electron chi connectivity index (χ4n) is 2.95. The molecule has 2 atom stereocenters. The van der Waals surface area contributed by atoms with Crippen LogP contribution < -0.4 is 5.32 Å². The molecule has 2 N–H and O–H groups in total. The number of rotatable bonds is 4. The van der Waals surface area contributed by atoms with Crippen LogP contribution in [0.25, 0.3) is 11.1 Å². The maximum absolute atomic E-state index is 11.9. The molecule has 0 radical (unpaired) electrons. The molecule has 3 rings (SSSR count). The van der Waals surface area contributed by atoms with E-state index in [0.717, 1.165) is 0 Å². The molecule has 0 saturated heterocycles. The van der Waals surface area contributed by atoms with Crippen LogP contribution in [0.15, 0.2) is 48.5 Å². The zero-order valence-corrected chi connectivity index (χ0v) is 13.3. The maximum Gasteiger partial charge on any atom is 0.407 e. The molecular weight excluding hydrogens is 290 g/mol. The number of fused-ring (bicyclic) bond motifs is 3. The molecular formula is C19H21NO3. The Balaban J connectivity index is 1.75.